The van der Waals surface area contributed by atoms with Crippen LogP contribution in [0.15, 0.2) is 42.5 Å². The molecule has 0 spiro atoms. The van der Waals surface area contributed by atoms with E-state index in [-0.39, 0.29) is 18.4 Å². The summed E-state index contributed by atoms with van der Waals surface area (Å²) < 4.78 is 11.5. The van der Waals surface area contributed by atoms with Crippen LogP contribution in [-0.4, -0.2) is 60.5 Å². The maximum Gasteiger partial charge on any atom is 0.263 e. The van der Waals surface area contributed by atoms with E-state index >= 15 is 0 Å². The fourth-order valence-electron chi connectivity index (χ4n) is 3.52. The molecule has 0 bridgehead atoms. The van der Waals surface area contributed by atoms with Crippen LogP contribution in [0.5, 0.6) is 11.5 Å². The van der Waals surface area contributed by atoms with Gasteiger partial charge in [-0.2, -0.15) is 0 Å². The molecule has 3 rings (SSSR count). The molecule has 6 nitrogen and oxygen atoms in total. The lowest BCUT2D eigenvalue weighted by molar-refractivity contribution is -0.138. The van der Waals surface area contributed by atoms with Crippen LogP contribution >= 0.6 is 11.6 Å². The minimum Gasteiger partial charge on any atom is -0.483 e. The normalized spacial score (nSPS) is 15.2. The van der Waals surface area contributed by atoms with Crippen molar-refractivity contribution in [3.8, 4) is 11.5 Å². The molecule has 31 heavy (non-hydrogen) atoms. The van der Waals surface area contributed by atoms with Crippen LogP contribution in [0.4, 0.5) is 0 Å². The van der Waals surface area contributed by atoms with Gasteiger partial charge in [0.25, 0.3) is 11.8 Å². The van der Waals surface area contributed by atoms with E-state index in [9.17, 15) is 9.59 Å². The lowest BCUT2D eigenvalue weighted by Gasteiger charge is -2.25. The Morgan fingerprint density at radius 1 is 1.00 bits per heavy atom. The molecule has 1 unspecified atom stereocenters. The first-order valence-electron chi connectivity index (χ1n) is 10.5. The third kappa shape index (κ3) is 6.14. The summed E-state index contributed by atoms with van der Waals surface area (Å²) in [6.45, 7) is 7.88. The molecule has 1 aliphatic heterocycles. The summed E-state index contributed by atoms with van der Waals surface area (Å²) >= 11 is 5.89. The zero-order valence-corrected chi connectivity index (χ0v) is 19.0. The Hall–Kier alpha value is -2.73. The molecule has 0 radical (unpaired) electrons. The summed E-state index contributed by atoms with van der Waals surface area (Å²) in [6.07, 6.45) is 0.102. The van der Waals surface area contributed by atoms with Crippen LogP contribution in [-0.2, 0) is 9.59 Å². The molecule has 7 heteroatoms. The number of ether oxygens (including phenoxy) is 2. The smallest absolute Gasteiger partial charge is 0.263 e. The first-order chi connectivity index (χ1) is 14.8. The Kier molecular flexibility index (Phi) is 7.80. The highest BCUT2D eigenvalue weighted by molar-refractivity contribution is 6.30. The summed E-state index contributed by atoms with van der Waals surface area (Å²) in [4.78, 5) is 29.0. The van der Waals surface area contributed by atoms with E-state index in [1.807, 2.05) is 32.0 Å². The fraction of sp³-hybridized carbons (Fsp3) is 0.417. The molecular weight excluding hydrogens is 416 g/mol. The van der Waals surface area contributed by atoms with Gasteiger partial charge in [-0.05, 0) is 68.7 Å². The minimum atomic E-state index is -0.615. The van der Waals surface area contributed by atoms with E-state index in [4.69, 9.17) is 21.1 Å². The molecular formula is C24H29ClN2O4. The minimum absolute atomic E-state index is 0.00563. The molecule has 0 aromatic heterocycles. The maximum atomic E-state index is 12.8. The van der Waals surface area contributed by atoms with Crippen LogP contribution < -0.4 is 9.47 Å². The molecule has 166 valence electrons. The van der Waals surface area contributed by atoms with Gasteiger partial charge in [0, 0.05) is 31.2 Å². The van der Waals surface area contributed by atoms with E-state index in [1.165, 1.54) is 0 Å². The zero-order valence-electron chi connectivity index (χ0n) is 18.3. The van der Waals surface area contributed by atoms with Crippen molar-refractivity contribution in [3.05, 3.63) is 58.6 Å². The number of halogens is 1. The second-order valence-corrected chi connectivity index (χ2v) is 8.20. The third-order valence-corrected chi connectivity index (χ3v) is 5.79. The van der Waals surface area contributed by atoms with Gasteiger partial charge in [-0.15, -0.1) is 0 Å². The van der Waals surface area contributed by atoms with E-state index in [0.717, 1.165) is 16.9 Å². The van der Waals surface area contributed by atoms with Crippen molar-refractivity contribution >= 4 is 23.4 Å². The number of carbonyl (C=O) groups excluding carboxylic acids is 2. The number of carbonyl (C=O) groups is 2. The van der Waals surface area contributed by atoms with Crippen molar-refractivity contribution in [2.24, 2.45) is 0 Å². The monoisotopic (exact) mass is 444 g/mol. The Morgan fingerprint density at radius 3 is 2.42 bits per heavy atom. The SMILES string of the molecule is Cc1cccc(OCC(=O)N2CCCN(C(=O)C(C)Oc3ccc(Cl)cc3)CC2)c1C. The third-order valence-electron chi connectivity index (χ3n) is 5.54. The summed E-state index contributed by atoms with van der Waals surface area (Å²) in [6, 6.07) is 12.7. The first-order valence-corrected chi connectivity index (χ1v) is 10.9. The molecule has 1 heterocycles. The molecule has 2 amide bonds. The topological polar surface area (TPSA) is 59.1 Å². The van der Waals surface area contributed by atoms with Crippen LogP contribution in [0.25, 0.3) is 0 Å². The number of benzene rings is 2. The molecule has 1 aliphatic rings. The number of amides is 2. The van der Waals surface area contributed by atoms with Gasteiger partial charge in [-0.25, -0.2) is 0 Å². The van der Waals surface area contributed by atoms with Crippen molar-refractivity contribution in [1.29, 1.82) is 0 Å². The van der Waals surface area contributed by atoms with Gasteiger partial charge in [-0.3, -0.25) is 9.59 Å². The Morgan fingerprint density at radius 2 is 1.68 bits per heavy atom. The van der Waals surface area contributed by atoms with Crippen LogP contribution in [0, 0.1) is 13.8 Å². The summed E-state index contributed by atoms with van der Waals surface area (Å²) in [5, 5.41) is 0.616. The number of rotatable bonds is 6. The Bertz CT molecular complexity index is 916. The van der Waals surface area contributed by atoms with E-state index in [0.29, 0.717) is 43.4 Å². The zero-order chi connectivity index (χ0) is 22.4. The average Bonchev–Trinajstić information content (AvgIpc) is 3.02. The predicted octanol–water partition coefficient (Wildman–Crippen LogP) is 3.86. The molecule has 0 N–H and O–H groups in total. The van der Waals surface area contributed by atoms with E-state index < -0.39 is 6.10 Å². The van der Waals surface area contributed by atoms with Crippen LogP contribution in [0.3, 0.4) is 0 Å². The molecule has 1 saturated heterocycles. The lowest BCUT2D eigenvalue weighted by Crippen LogP contribution is -2.43. The van der Waals surface area contributed by atoms with Gasteiger partial charge < -0.3 is 19.3 Å². The highest BCUT2D eigenvalue weighted by Crippen LogP contribution is 2.21. The number of aryl methyl sites for hydroxylation is 1. The van der Waals surface area contributed by atoms with Gasteiger partial charge in [-0.1, -0.05) is 23.7 Å². The second-order valence-electron chi connectivity index (χ2n) is 7.76. The van der Waals surface area contributed by atoms with E-state index in [1.54, 1.807) is 41.0 Å². The average molecular weight is 445 g/mol. The highest BCUT2D eigenvalue weighted by Gasteiger charge is 2.26. The summed E-state index contributed by atoms with van der Waals surface area (Å²) in [5.41, 5.74) is 2.17. The van der Waals surface area contributed by atoms with E-state index in [2.05, 4.69) is 0 Å². The quantitative estimate of drug-likeness (QED) is 0.678. The van der Waals surface area contributed by atoms with Gasteiger partial charge >= 0.3 is 0 Å². The van der Waals surface area contributed by atoms with Gasteiger partial charge in [0.05, 0.1) is 0 Å². The van der Waals surface area contributed by atoms with Crippen molar-refractivity contribution in [1.82, 2.24) is 9.80 Å². The van der Waals surface area contributed by atoms with Crippen molar-refractivity contribution in [2.75, 3.05) is 32.8 Å². The standard InChI is InChI=1S/C24H29ClN2O4/c1-17-6-4-7-22(18(17)2)30-16-23(28)26-12-5-13-27(15-14-26)24(29)19(3)31-21-10-8-20(25)9-11-21/h4,6-11,19H,5,12-16H2,1-3H3. The molecule has 1 fully saturated rings. The molecule has 0 saturated carbocycles. The number of nitrogens with zero attached hydrogens (tertiary/aromatic N) is 2. The Labute approximate surface area is 188 Å². The predicted molar refractivity (Wildman–Crippen MR) is 121 cm³/mol. The molecule has 1 atom stereocenters. The fourth-order valence-corrected chi connectivity index (χ4v) is 3.65. The highest BCUT2D eigenvalue weighted by atomic mass is 35.5. The van der Waals surface area contributed by atoms with Gasteiger partial charge in [0.15, 0.2) is 12.7 Å². The molecule has 0 aliphatic carbocycles. The second kappa shape index (κ2) is 10.5. The van der Waals surface area contributed by atoms with Gasteiger partial charge in [0.1, 0.15) is 11.5 Å². The van der Waals surface area contributed by atoms with Crippen LogP contribution in [0.2, 0.25) is 5.02 Å². The number of hydrogen-bond acceptors (Lipinski definition) is 4. The molecule has 2 aromatic carbocycles. The number of hydrogen-bond donors (Lipinski definition) is 0. The first kappa shape index (κ1) is 22.9. The van der Waals surface area contributed by atoms with Crippen molar-refractivity contribution < 1.29 is 19.1 Å². The van der Waals surface area contributed by atoms with Crippen molar-refractivity contribution in [2.45, 2.75) is 33.3 Å². The van der Waals surface area contributed by atoms with Gasteiger partial charge in [0.2, 0.25) is 0 Å². The van der Waals surface area contributed by atoms with Crippen LogP contribution in [0.1, 0.15) is 24.5 Å². The molecule has 2 aromatic rings. The largest absolute Gasteiger partial charge is 0.483 e. The summed E-state index contributed by atoms with van der Waals surface area (Å²) in [5.74, 6) is 1.17. The lowest BCUT2D eigenvalue weighted by atomic mass is 10.1. The Balaban J connectivity index is 1.50. The maximum absolute atomic E-state index is 12.8. The van der Waals surface area contributed by atoms with Crippen molar-refractivity contribution in [3.63, 3.8) is 0 Å². The summed E-state index contributed by atoms with van der Waals surface area (Å²) in [7, 11) is 0.